The number of oxazole rings is 1. The fourth-order valence-electron chi connectivity index (χ4n) is 3.16. The summed E-state index contributed by atoms with van der Waals surface area (Å²) in [4.78, 5) is 28.7. The lowest BCUT2D eigenvalue weighted by molar-refractivity contribution is -0.187. The van der Waals surface area contributed by atoms with Crippen LogP contribution in [0.15, 0.2) is 28.9 Å². The zero-order chi connectivity index (χ0) is 20.6. The molecule has 1 aromatic carbocycles. The Labute approximate surface area is 158 Å². The number of anilines is 1. The fraction of sp³-hybridized carbons (Fsp3) is 0.389. The first-order chi connectivity index (χ1) is 13.1. The Kier molecular flexibility index (Phi) is 5.05. The number of nitrogens with zero attached hydrogens (tertiary/aromatic N) is 2. The number of nitrogens with one attached hydrogen (secondary N) is 1. The van der Waals surface area contributed by atoms with Gasteiger partial charge in [0.05, 0.1) is 17.5 Å². The molecule has 1 aliphatic heterocycles. The third-order valence-electron chi connectivity index (χ3n) is 4.68. The van der Waals surface area contributed by atoms with Crippen LogP contribution in [0.5, 0.6) is 0 Å². The normalized spacial score (nSPS) is 19.7. The van der Waals surface area contributed by atoms with E-state index in [1.54, 1.807) is 25.1 Å². The number of benzene rings is 1. The second kappa shape index (κ2) is 7.17. The van der Waals surface area contributed by atoms with Crippen molar-refractivity contribution in [2.75, 3.05) is 18.4 Å². The molecule has 0 bridgehead atoms. The largest absolute Gasteiger partial charge is 0.481 e. The minimum Gasteiger partial charge on any atom is -0.481 e. The number of carboxylic acids is 1. The summed E-state index contributed by atoms with van der Waals surface area (Å²) in [6, 6.07) is 4.12. The van der Waals surface area contributed by atoms with Gasteiger partial charge in [0.15, 0.2) is 0 Å². The number of carbonyl (C=O) groups excluding carboxylic acids is 1. The van der Waals surface area contributed by atoms with Crippen molar-refractivity contribution in [3.63, 3.8) is 0 Å². The number of alkyl halides is 3. The SMILES string of the molecule is Cc1coc(-c2cc(NC(=O)N3C[C@@H](C(F)(F)F)[C@H](C(=O)O)C3)ccc2C)n1. The monoisotopic (exact) mass is 397 g/mol. The smallest absolute Gasteiger partial charge is 0.394 e. The quantitative estimate of drug-likeness (QED) is 0.824. The van der Waals surface area contributed by atoms with Crippen molar-refractivity contribution in [1.29, 1.82) is 0 Å². The molecule has 0 spiro atoms. The number of halogens is 3. The molecule has 1 saturated heterocycles. The third-order valence-corrected chi connectivity index (χ3v) is 4.68. The van der Waals surface area contributed by atoms with Crippen molar-refractivity contribution < 1.29 is 32.3 Å². The van der Waals surface area contributed by atoms with E-state index >= 15 is 0 Å². The van der Waals surface area contributed by atoms with E-state index in [1.165, 1.54) is 6.26 Å². The molecular formula is C18H18F3N3O4. The maximum atomic E-state index is 13.1. The second-order valence-electron chi connectivity index (χ2n) is 6.75. The number of urea groups is 1. The van der Waals surface area contributed by atoms with Gasteiger partial charge in [0.1, 0.15) is 6.26 Å². The summed E-state index contributed by atoms with van der Waals surface area (Å²) in [5, 5.41) is 11.6. The molecule has 10 heteroatoms. The molecule has 0 saturated carbocycles. The number of hydrogen-bond acceptors (Lipinski definition) is 4. The summed E-state index contributed by atoms with van der Waals surface area (Å²) in [7, 11) is 0. The van der Waals surface area contributed by atoms with Gasteiger partial charge >= 0.3 is 18.2 Å². The Morgan fingerprint density at radius 1 is 1.29 bits per heavy atom. The predicted molar refractivity (Wildman–Crippen MR) is 92.7 cm³/mol. The van der Waals surface area contributed by atoms with Crippen molar-refractivity contribution >= 4 is 17.7 Å². The van der Waals surface area contributed by atoms with Crippen LogP contribution in [0.2, 0.25) is 0 Å². The standard InChI is InChI=1S/C18H18F3N3O4/c1-9-3-4-11(5-12(9)15-22-10(2)8-28-15)23-17(27)24-6-13(16(25)26)14(7-24)18(19,20)21/h3-5,8,13-14H,6-7H2,1-2H3,(H,23,27)(H,25,26)/t13-,14-/m1/s1. The summed E-state index contributed by atoms with van der Waals surface area (Å²) in [5.74, 6) is -5.00. The Morgan fingerprint density at radius 3 is 2.54 bits per heavy atom. The average Bonchev–Trinajstić information content (AvgIpc) is 3.23. The molecular weight excluding hydrogens is 379 g/mol. The number of rotatable bonds is 3. The van der Waals surface area contributed by atoms with E-state index in [0.717, 1.165) is 10.5 Å². The highest BCUT2D eigenvalue weighted by Crippen LogP contribution is 2.38. The zero-order valence-corrected chi connectivity index (χ0v) is 15.1. The van der Waals surface area contributed by atoms with Crippen molar-refractivity contribution in [2.45, 2.75) is 20.0 Å². The lowest BCUT2D eigenvalue weighted by atomic mass is 9.96. The van der Waals surface area contributed by atoms with Crippen LogP contribution in [-0.2, 0) is 4.79 Å². The van der Waals surface area contributed by atoms with E-state index in [1.807, 2.05) is 6.92 Å². The summed E-state index contributed by atoms with van der Waals surface area (Å²) >= 11 is 0. The van der Waals surface area contributed by atoms with E-state index in [9.17, 15) is 22.8 Å². The Hall–Kier alpha value is -3.04. The van der Waals surface area contributed by atoms with Gasteiger partial charge < -0.3 is 19.7 Å². The number of carbonyl (C=O) groups is 2. The molecule has 0 radical (unpaired) electrons. The summed E-state index contributed by atoms with van der Waals surface area (Å²) in [6.45, 7) is 2.37. The van der Waals surface area contributed by atoms with E-state index in [-0.39, 0.29) is 0 Å². The van der Waals surface area contributed by atoms with Gasteiger partial charge in [0.2, 0.25) is 5.89 Å². The molecule has 3 rings (SSSR count). The van der Waals surface area contributed by atoms with E-state index < -0.39 is 43.1 Å². The highest BCUT2D eigenvalue weighted by atomic mass is 19.4. The van der Waals surface area contributed by atoms with E-state index in [0.29, 0.717) is 22.8 Å². The van der Waals surface area contributed by atoms with Crippen molar-refractivity contribution in [3.05, 3.63) is 35.7 Å². The maximum absolute atomic E-state index is 13.1. The number of aromatic nitrogens is 1. The topological polar surface area (TPSA) is 95.7 Å². The molecule has 7 nitrogen and oxygen atoms in total. The third kappa shape index (κ3) is 3.95. The predicted octanol–water partition coefficient (Wildman–Crippen LogP) is 3.69. The first-order valence-corrected chi connectivity index (χ1v) is 8.45. The van der Waals surface area contributed by atoms with Crippen LogP contribution in [0.4, 0.5) is 23.7 Å². The van der Waals surface area contributed by atoms with Crippen LogP contribution < -0.4 is 5.32 Å². The van der Waals surface area contributed by atoms with Crippen LogP contribution >= 0.6 is 0 Å². The van der Waals surface area contributed by atoms with Crippen LogP contribution in [-0.4, -0.2) is 46.3 Å². The minimum absolute atomic E-state index is 0.337. The molecule has 1 aromatic heterocycles. The zero-order valence-electron chi connectivity index (χ0n) is 15.1. The van der Waals surface area contributed by atoms with Gasteiger partial charge in [0.25, 0.3) is 0 Å². The van der Waals surface area contributed by atoms with E-state index in [4.69, 9.17) is 9.52 Å². The van der Waals surface area contributed by atoms with Crippen molar-refractivity contribution in [3.8, 4) is 11.5 Å². The highest BCUT2D eigenvalue weighted by molar-refractivity contribution is 5.91. The summed E-state index contributed by atoms with van der Waals surface area (Å²) in [5.41, 5.74) is 2.48. The molecule has 1 aliphatic rings. The number of aliphatic carboxylic acids is 1. The lowest BCUT2D eigenvalue weighted by Gasteiger charge is -2.19. The fourth-order valence-corrected chi connectivity index (χ4v) is 3.16. The van der Waals surface area contributed by atoms with Crippen LogP contribution in [0.25, 0.3) is 11.5 Å². The first-order valence-electron chi connectivity index (χ1n) is 8.45. The molecule has 28 heavy (non-hydrogen) atoms. The molecule has 0 unspecified atom stereocenters. The van der Waals surface area contributed by atoms with Crippen molar-refractivity contribution in [1.82, 2.24) is 9.88 Å². The van der Waals surface area contributed by atoms with Crippen molar-refractivity contribution in [2.24, 2.45) is 11.8 Å². The van der Waals surface area contributed by atoms with Gasteiger partial charge in [0, 0.05) is 24.3 Å². The van der Waals surface area contributed by atoms with E-state index in [2.05, 4.69) is 10.3 Å². The van der Waals surface area contributed by atoms with Crippen LogP contribution in [0.3, 0.4) is 0 Å². The second-order valence-corrected chi connectivity index (χ2v) is 6.75. The minimum atomic E-state index is -4.70. The Balaban J connectivity index is 1.77. The first kappa shape index (κ1) is 19.7. The summed E-state index contributed by atoms with van der Waals surface area (Å²) in [6.07, 6.45) is -3.22. The number of amides is 2. The maximum Gasteiger partial charge on any atom is 0.394 e. The molecule has 2 heterocycles. The van der Waals surface area contributed by atoms with Gasteiger partial charge in [-0.15, -0.1) is 0 Å². The van der Waals surface area contributed by atoms with Gasteiger partial charge in [-0.3, -0.25) is 4.79 Å². The Bertz CT molecular complexity index is 910. The molecule has 2 N–H and O–H groups in total. The molecule has 2 atom stereocenters. The summed E-state index contributed by atoms with van der Waals surface area (Å²) < 4.78 is 44.6. The van der Waals surface area contributed by atoms with Crippen LogP contribution in [0.1, 0.15) is 11.3 Å². The van der Waals surface area contributed by atoms with Gasteiger partial charge in [-0.1, -0.05) is 6.07 Å². The lowest BCUT2D eigenvalue weighted by Crippen LogP contribution is -2.35. The highest BCUT2D eigenvalue weighted by Gasteiger charge is 2.53. The number of carboxylic acid groups (broad SMARTS) is 1. The average molecular weight is 397 g/mol. The number of likely N-dealkylation sites (tertiary alicyclic amines) is 1. The molecule has 2 aromatic rings. The van der Waals surface area contributed by atoms with Gasteiger partial charge in [-0.2, -0.15) is 13.2 Å². The molecule has 150 valence electrons. The van der Waals surface area contributed by atoms with Gasteiger partial charge in [-0.05, 0) is 31.5 Å². The number of hydrogen-bond donors (Lipinski definition) is 2. The molecule has 2 amide bonds. The number of aryl methyl sites for hydroxylation is 2. The molecule has 0 aliphatic carbocycles. The molecule has 1 fully saturated rings. The van der Waals surface area contributed by atoms with Crippen LogP contribution in [0, 0.1) is 25.7 Å². The Morgan fingerprint density at radius 2 is 2.00 bits per heavy atom. The van der Waals surface area contributed by atoms with Gasteiger partial charge in [-0.25, -0.2) is 9.78 Å².